The molecule has 2 aromatic carbocycles. The van der Waals surface area contributed by atoms with Crippen LogP contribution in [0.2, 0.25) is 0 Å². The van der Waals surface area contributed by atoms with Gasteiger partial charge in [0.25, 0.3) is 0 Å². The van der Waals surface area contributed by atoms with Crippen molar-refractivity contribution >= 4 is 0 Å². The minimum atomic E-state index is -0.335. The van der Waals surface area contributed by atoms with Gasteiger partial charge in [-0.05, 0) is 23.3 Å². The van der Waals surface area contributed by atoms with Gasteiger partial charge in [0.15, 0.2) is 0 Å². The molecule has 0 amide bonds. The number of ether oxygens (including phenoxy) is 1. The normalized spacial score (nSPS) is 25.8. The van der Waals surface area contributed by atoms with E-state index < -0.39 is 0 Å². The first-order valence-electron chi connectivity index (χ1n) is 6.60. The average Bonchev–Trinajstić information content (AvgIpc) is 2.93. The van der Waals surface area contributed by atoms with Crippen LogP contribution in [0.4, 0.5) is 4.39 Å². The quantitative estimate of drug-likeness (QED) is 0.903. The van der Waals surface area contributed by atoms with Crippen molar-refractivity contribution < 1.29 is 14.2 Å². The molecule has 1 aliphatic heterocycles. The number of benzene rings is 2. The molecule has 1 aliphatic rings. The second-order valence-corrected chi connectivity index (χ2v) is 4.85. The molecular weight excluding hydrogens is 257 g/mol. The van der Waals surface area contributed by atoms with Crippen molar-refractivity contribution in [3.8, 4) is 0 Å². The van der Waals surface area contributed by atoms with Gasteiger partial charge in [-0.3, -0.25) is 5.32 Å². The molecule has 3 rings (SSSR count). The lowest BCUT2D eigenvalue weighted by atomic mass is 10.0. The SMILES string of the molecule is OC[C@@H]1N[C@H](c2ccc(F)cc2)OC1c1ccccc1. The summed E-state index contributed by atoms with van der Waals surface area (Å²) in [5.74, 6) is -0.273. The molecule has 3 atom stereocenters. The maximum absolute atomic E-state index is 13.0. The summed E-state index contributed by atoms with van der Waals surface area (Å²) in [6.07, 6.45) is -0.547. The van der Waals surface area contributed by atoms with Gasteiger partial charge in [-0.25, -0.2) is 4.39 Å². The van der Waals surface area contributed by atoms with E-state index in [2.05, 4.69) is 5.32 Å². The zero-order chi connectivity index (χ0) is 13.9. The molecular formula is C16H16FNO2. The zero-order valence-corrected chi connectivity index (χ0v) is 10.9. The van der Waals surface area contributed by atoms with E-state index in [4.69, 9.17) is 4.74 Å². The second-order valence-electron chi connectivity index (χ2n) is 4.85. The Morgan fingerprint density at radius 3 is 2.35 bits per heavy atom. The largest absolute Gasteiger partial charge is 0.395 e. The van der Waals surface area contributed by atoms with Crippen molar-refractivity contribution in [3.05, 3.63) is 71.5 Å². The van der Waals surface area contributed by atoms with Crippen LogP contribution < -0.4 is 5.32 Å². The molecule has 0 bridgehead atoms. The minimum Gasteiger partial charge on any atom is -0.395 e. The monoisotopic (exact) mass is 273 g/mol. The molecule has 0 saturated carbocycles. The number of nitrogens with one attached hydrogen (secondary N) is 1. The first kappa shape index (κ1) is 13.2. The van der Waals surface area contributed by atoms with Crippen LogP contribution in [0.15, 0.2) is 54.6 Å². The van der Waals surface area contributed by atoms with Crippen molar-refractivity contribution in [1.82, 2.24) is 5.32 Å². The highest BCUT2D eigenvalue weighted by Gasteiger charge is 2.35. The summed E-state index contributed by atoms with van der Waals surface area (Å²) >= 11 is 0. The molecule has 104 valence electrons. The fourth-order valence-electron chi connectivity index (χ4n) is 2.48. The Bertz CT molecular complexity index is 558. The predicted octanol–water partition coefficient (Wildman–Crippen LogP) is 2.55. The molecule has 0 spiro atoms. The Morgan fingerprint density at radius 2 is 1.70 bits per heavy atom. The number of halogens is 1. The van der Waals surface area contributed by atoms with E-state index in [1.54, 1.807) is 12.1 Å². The van der Waals surface area contributed by atoms with Gasteiger partial charge in [0.05, 0.1) is 12.6 Å². The standard InChI is InChI=1S/C16H16FNO2/c17-13-8-6-12(7-9-13)16-18-14(10-19)15(20-16)11-4-2-1-3-5-11/h1-9,14-16,18-19H,10H2/t14-,15?,16-/m0/s1. The molecule has 4 heteroatoms. The van der Waals surface area contributed by atoms with Crippen molar-refractivity contribution in [3.63, 3.8) is 0 Å². The lowest BCUT2D eigenvalue weighted by Crippen LogP contribution is -2.30. The highest BCUT2D eigenvalue weighted by Crippen LogP contribution is 2.34. The third-order valence-electron chi connectivity index (χ3n) is 3.51. The van der Waals surface area contributed by atoms with Crippen LogP contribution in [0.1, 0.15) is 23.5 Å². The molecule has 0 aromatic heterocycles. The first-order chi connectivity index (χ1) is 9.78. The third kappa shape index (κ3) is 2.58. The smallest absolute Gasteiger partial charge is 0.135 e. The molecule has 1 heterocycles. The van der Waals surface area contributed by atoms with Crippen molar-refractivity contribution in [1.29, 1.82) is 0 Å². The topological polar surface area (TPSA) is 41.5 Å². The molecule has 0 aliphatic carbocycles. The maximum atomic E-state index is 13.0. The van der Waals surface area contributed by atoms with Crippen LogP contribution in [0.25, 0.3) is 0 Å². The molecule has 1 unspecified atom stereocenters. The minimum absolute atomic E-state index is 0.0166. The zero-order valence-electron chi connectivity index (χ0n) is 10.9. The Balaban J connectivity index is 1.82. The van der Waals surface area contributed by atoms with E-state index in [0.29, 0.717) is 0 Å². The number of aliphatic hydroxyl groups is 1. The van der Waals surface area contributed by atoms with E-state index in [0.717, 1.165) is 11.1 Å². The number of hydrogen-bond acceptors (Lipinski definition) is 3. The van der Waals surface area contributed by atoms with Gasteiger partial charge in [0.2, 0.25) is 0 Å². The van der Waals surface area contributed by atoms with Crippen molar-refractivity contribution in [2.75, 3.05) is 6.61 Å². The van der Waals surface area contributed by atoms with Gasteiger partial charge < -0.3 is 9.84 Å². The molecule has 1 fully saturated rings. The predicted molar refractivity (Wildman–Crippen MR) is 73.4 cm³/mol. The van der Waals surface area contributed by atoms with E-state index in [-0.39, 0.29) is 30.8 Å². The summed E-state index contributed by atoms with van der Waals surface area (Å²) in [6, 6.07) is 15.8. The van der Waals surface area contributed by atoms with Crippen LogP contribution in [-0.4, -0.2) is 17.8 Å². The fraction of sp³-hybridized carbons (Fsp3) is 0.250. The van der Waals surface area contributed by atoms with Gasteiger partial charge in [0, 0.05) is 0 Å². The lowest BCUT2D eigenvalue weighted by molar-refractivity contribution is 0.0317. The third-order valence-corrected chi connectivity index (χ3v) is 3.51. The molecule has 2 N–H and O–H groups in total. The number of hydrogen-bond donors (Lipinski definition) is 2. The summed E-state index contributed by atoms with van der Waals surface area (Å²) in [7, 11) is 0. The molecule has 2 aromatic rings. The van der Waals surface area contributed by atoms with E-state index in [9.17, 15) is 9.50 Å². The summed E-state index contributed by atoms with van der Waals surface area (Å²) in [6.45, 7) is -0.0166. The number of rotatable bonds is 3. The van der Waals surface area contributed by atoms with E-state index in [1.807, 2.05) is 30.3 Å². The summed E-state index contributed by atoms with van der Waals surface area (Å²) in [4.78, 5) is 0. The van der Waals surface area contributed by atoms with Gasteiger partial charge >= 0.3 is 0 Å². The van der Waals surface area contributed by atoms with Crippen LogP contribution in [0, 0.1) is 5.82 Å². The summed E-state index contributed by atoms with van der Waals surface area (Å²) < 4.78 is 18.9. The highest BCUT2D eigenvalue weighted by atomic mass is 19.1. The molecule has 1 saturated heterocycles. The molecule has 3 nitrogen and oxygen atoms in total. The van der Waals surface area contributed by atoms with Gasteiger partial charge in [0.1, 0.15) is 18.1 Å². The highest BCUT2D eigenvalue weighted by molar-refractivity contribution is 5.24. The Labute approximate surface area is 117 Å². The molecule has 20 heavy (non-hydrogen) atoms. The Morgan fingerprint density at radius 1 is 1.00 bits per heavy atom. The summed E-state index contributed by atoms with van der Waals surface area (Å²) in [5.41, 5.74) is 1.87. The first-order valence-corrected chi connectivity index (χ1v) is 6.60. The summed E-state index contributed by atoms with van der Waals surface area (Å²) in [5, 5.41) is 12.7. The van der Waals surface area contributed by atoms with Gasteiger partial charge in [-0.2, -0.15) is 0 Å². The van der Waals surface area contributed by atoms with Crippen LogP contribution >= 0.6 is 0 Å². The van der Waals surface area contributed by atoms with Crippen LogP contribution in [0.5, 0.6) is 0 Å². The number of aliphatic hydroxyl groups excluding tert-OH is 1. The van der Waals surface area contributed by atoms with Crippen LogP contribution in [0.3, 0.4) is 0 Å². The fourth-order valence-corrected chi connectivity index (χ4v) is 2.48. The Hall–Kier alpha value is -1.75. The van der Waals surface area contributed by atoms with E-state index in [1.165, 1.54) is 12.1 Å². The second kappa shape index (κ2) is 5.71. The van der Waals surface area contributed by atoms with Crippen molar-refractivity contribution in [2.24, 2.45) is 0 Å². The van der Waals surface area contributed by atoms with Crippen molar-refractivity contribution in [2.45, 2.75) is 18.4 Å². The van der Waals surface area contributed by atoms with Gasteiger partial charge in [-0.1, -0.05) is 42.5 Å². The average molecular weight is 273 g/mol. The van der Waals surface area contributed by atoms with E-state index >= 15 is 0 Å². The lowest BCUT2D eigenvalue weighted by Gasteiger charge is -2.15. The van der Waals surface area contributed by atoms with Crippen LogP contribution in [-0.2, 0) is 4.74 Å². The molecule has 0 radical (unpaired) electrons. The Kier molecular flexibility index (Phi) is 3.78. The maximum Gasteiger partial charge on any atom is 0.135 e. The van der Waals surface area contributed by atoms with Gasteiger partial charge in [-0.15, -0.1) is 0 Å².